The van der Waals surface area contributed by atoms with Gasteiger partial charge in [-0.25, -0.2) is 0 Å². The van der Waals surface area contributed by atoms with E-state index >= 15 is 0 Å². The SMILES string of the molecule is O=C1NC2=CCCCC2C12C=COc1cc3occc3cc12. The van der Waals surface area contributed by atoms with E-state index in [1.807, 2.05) is 24.3 Å². The lowest BCUT2D eigenvalue weighted by atomic mass is 9.67. The molecule has 22 heavy (non-hydrogen) atoms. The molecule has 2 unspecified atom stereocenters. The molecule has 0 radical (unpaired) electrons. The van der Waals surface area contributed by atoms with E-state index in [0.717, 1.165) is 41.5 Å². The van der Waals surface area contributed by atoms with E-state index in [2.05, 4.69) is 11.4 Å². The van der Waals surface area contributed by atoms with Gasteiger partial charge in [-0.15, -0.1) is 0 Å². The fraction of sp³-hybridized carbons (Fsp3) is 0.278. The summed E-state index contributed by atoms with van der Waals surface area (Å²) in [7, 11) is 0. The monoisotopic (exact) mass is 293 g/mol. The Morgan fingerprint density at radius 2 is 2.27 bits per heavy atom. The van der Waals surface area contributed by atoms with Crippen molar-refractivity contribution in [2.75, 3.05) is 0 Å². The van der Waals surface area contributed by atoms with Crippen LogP contribution >= 0.6 is 0 Å². The molecule has 2 aliphatic heterocycles. The van der Waals surface area contributed by atoms with Crippen molar-refractivity contribution >= 4 is 16.9 Å². The molecule has 1 fully saturated rings. The number of furan rings is 1. The Bertz CT molecular complexity index is 860. The van der Waals surface area contributed by atoms with E-state index in [0.29, 0.717) is 5.75 Å². The molecular weight excluding hydrogens is 278 g/mol. The second kappa shape index (κ2) is 4.03. The standard InChI is InChI=1S/C18H15NO3/c20-17-18(12-3-1-2-4-14(12)19-17)6-8-22-16-10-15-11(5-7-21-15)9-13(16)18/h4-10,12H,1-3H2,(H,19,20). The highest BCUT2D eigenvalue weighted by molar-refractivity contribution is 5.98. The first kappa shape index (κ1) is 12.1. The minimum Gasteiger partial charge on any atom is -0.465 e. The molecule has 110 valence electrons. The van der Waals surface area contributed by atoms with Gasteiger partial charge in [-0.2, -0.15) is 0 Å². The number of benzene rings is 1. The van der Waals surface area contributed by atoms with Crippen LogP contribution in [0.25, 0.3) is 11.0 Å². The Morgan fingerprint density at radius 3 is 3.23 bits per heavy atom. The number of hydrogen-bond acceptors (Lipinski definition) is 3. The predicted octanol–water partition coefficient (Wildman–Crippen LogP) is 3.39. The van der Waals surface area contributed by atoms with Crippen molar-refractivity contribution in [1.82, 2.24) is 5.32 Å². The summed E-state index contributed by atoms with van der Waals surface area (Å²) in [4.78, 5) is 12.9. The number of allylic oxidation sites excluding steroid dienone is 2. The highest BCUT2D eigenvalue weighted by atomic mass is 16.5. The van der Waals surface area contributed by atoms with Gasteiger partial charge in [-0.05, 0) is 37.5 Å². The lowest BCUT2D eigenvalue weighted by Crippen LogP contribution is -2.39. The minimum atomic E-state index is -0.648. The van der Waals surface area contributed by atoms with Gasteiger partial charge in [0.25, 0.3) is 0 Å². The molecule has 2 aromatic rings. The molecule has 4 heteroatoms. The van der Waals surface area contributed by atoms with Crippen molar-refractivity contribution in [3.8, 4) is 5.75 Å². The van der Waals surface area contributed by atoms with Crippen LogP contribution in [0.1, 0.15) is 24.8 Å². The number of amides is 1. The van der Waals surface area contributed by atoms with Gasteiger partial charge in [0.15, 0.2) is 0 Å². The third-order valence-corrected chi connectivity index (χ3v) is 5.15. The Morgan fingerprint density at radius 1 is 1.32 bits per heavy atom. The highest BCUT2D eigenvalue weighted by Gasteiger charge is 2.55. The molecule has 1 aromatic heterocycles. The van der Waals surface area contributed by atoms with Crippen LogP contribution in [0.2, 0.25) is 0 Å². The van der Waals surface area contributed by atoms with Crippen LogP contribution in [-0.2, 0) is 10.2 Å². The van der Waals surface area contributed by atoms with Crippen molar-refractivity contribution in [3.05, 3.63) is 54.1 Å². The number of fused-ring (bicyclic) bond motifs is 5. The van der Waals surface area contributed by atoms with Crippen LogP contribution in [0.15, 0.2) is 53.0 Å². The van der Waals surface area contributed by atoms with Gasteiger partial charge in [0, 0.05) is 28.6 Å². The van der Waals surface area contributed by atoms with E-state index in [4.69, 9.17) is 9.15 Å². The van der Waals surface area contributed by atoms with E-state index in [1.54, 1.807) is 12.5 Å². The van der Waals surface area contributed by atoms with Crippen molar-refractivity contribution in [2.45, 2.75) is 24.7 Å². The van der Waals surface area contributed by atoms with E-state index in [-0.39, 0.29) is 11.8 Å². The molecule has 1 spiro atoms. The van der Waals surface area contributed by atoms with Crippen LogP contribution in [0.3, 0.4) is 0 Å². The topological polar surface area (TPSA) is 51.5 Å². The van der Waals surface area contributed by atoms with Crippen LogP contribution < -0.4 is 10.1 Å². The number of ether oxygens (including phenoxy) is 1. The Balaban J connectivity index is 1.80. The molecule has 0 bridgehead atoms. The second-order valence-electron chi connectivity index (χ2n) is 6.19. The molecule has 1 saturated heterocycles. The van der Waals surface area contributed by atoms with Gasteiger partial charge in [-0.3, -0.25) is 4.79 Å². The lowest BCUT2D eigenvalue weighted by Gasteiger charge is -2.34. The lowest BCUT2D eigenvalue weighted by molar-refractivity contribution is -0.123. The Kier molecular flexibility index (Phi) is 2.22. The summed E-state index contributed by atoms with van der Waals surface area (Å²) >= 11 is 0. The molecule has 1 aromatic carbocycles. The molecule has 2 atom stereocenters. The summed E-state index contributed by atoms with van der Waals surface area (Å²) in [5.41, 5.74) is 2.14. The van der Waals surface area contributed by atoms with Crippen LogP contribution in [0, 0.1) is 5.92 Å². The van der Waals surface area contributed by atoms with Crippen molar-refractivity contribution in [2.24, 2.45) is 5.92 Å². The normalized spacial score (nSPS) is 29.0. The first-order valence-electron chi connectivity index (χ1n) is 7.67. The first-order chi connectivity index (χ1) is 10.8. The quantitative estimate of drug-likeness (QED) is 0.810. The number of carbonyl (C=O) groups excluding carboxylic acids is 1. The summed E-state index contributed by atoms with van der Waals surface area (Å²) in [6, 6.07) is 5.84. The van der Waals surface area contributed by atoms with Gasteiger partial charge >= 0.3 is 0 Å². The van der Waals surface area contributed by atoms with Crippen molar-refractivity contribution in [3.63, 3.8) is 0 Å². The maximum absolute atomic E-state index is 12.9. The van der Waals surface area contributed by atoms with Crippen molar-refractivity contribution < 1.29 is 13.9 Å². The fourth-order valence-corrected chi connectivity index (χ4v) is 4.10. The molecule has 4 nitrogen and oxygen atoms in total. The molecule has 3 heterocycles. The number of carbonyl (C=O) groups is 1. The summed E-state index contributed by atoms with van der Waals surface area (Å²) in [5, 5.41) is 4.09. The smallest absolute Gasteiger partial charge is 0.239 e. The summed E-state index contributed by atoms with van der Waals surface area (Å²) < 4.78 is 11.1. The number of nitrogens with one attached hydrogen (secondary N) is 1. The second-order valence-corrected chi connectivity index (χ2v) is 6.19. The maximum Gasteiger partial charge on any atom is 0.239 e. The molecular formula is C18H15NO3. The summed E-state index contributed by atoms with van der Waals surface area (Å²) in [6.45, 7) is 0. The largest absolute Gasteiger partial charge is 0.465 e. The molecule has 3 aliphatic rings. The van der Waals surface area contributed by atoms with Gasteiger partial charge in [0.1, 0.15) is 16.7 Å². The maximum atomic E-state index is 12.9. The van der Waals surface area contributed by atoms with E-state index in [1.165, 1.54) is 0 Å². The van der Waals surface area contributed by atoms with Crippen LogP contribution in [0.4, 0.5) is 0 Å². The van der Waals surface area contributed by atoms with Gasteiger partial charge in [0.05, 0.1) is 12.5 Å². The third kappa shape index (κ3) is 1.35. The van der Waals surface area contributed by atoms with Gasteiger partial charge in [0.2, 0.25) is 5.91 Å². The highest BCUT2D eigenvalue weighted by Crippen LogP contribution is 2.51. The fourth-order valence-electron chi connectivity index (χ4n) is 4.10. The summed E-state index contributed by atoms with van der Waals surface area (Å²) in [6.07, 6.45) is 10.6. The van der Waals surface area contributed by atoms with Gasteiger partial charge < -0.3 is 14.5 Å². The average molecular weight is 293 g/mol. The molecule has 1 aliphatic carbocycles. The average Bonchev–Trinajstić information content (AvgIpc) is 3.09. The van der Waals surface area contributed by atoms with E-state index in [9.17, 15) is 4.79 Å². The Labute approximate surface area is 127 Å². The molecule has 1 N–H and O–H groups in total. The summed E-state index contributed by atoms with van der Waals surface area (Å²) in [5.74, 6) is 0.943. The number of rotatable bonds is 0. The zero-order valence-corrected chi connectivity index (χ0v) is 12.0. The Hall–Kier alpha value is -2.49. The predicted molar refractivity (Wildman–Crippen MR) is 81.2 cm³/mol. The first-order valence-corrected chi connectivity index (χ1v) is 7.67. The van der Waals surface area contributed by atoms with Crippen LogP contribution in [0.5, 0.6) is 5.75 Å². The minimum absolute atomic E-state index is 0.0503. The zero-order chi connectivity index (χ0) is 14.7. The van der Waals surface area contributed by atoms with Gasteiger partial charge in [-0.1, -0.05) is 6.08 Å². The number of hydrogen-bond donors (Lipinski definition) is 1. The zero-order valence-electron chi connectivity index (χ0n) is 12.0. The third-order valence-electron chi connectivity index (χ3n) is 5.15. The molecule has 0 saturated carbocycles. The molecule has 5 rings (SSSR count). The van der Waals surface area contributed by atoms with E-state index < -0.39 is 5.41 Å². The molecule has 1 amide bonds. The van der Waals surface area contributed by atoms with Crippen LogP contribution in [-0.4, -0.2) is 5.91 Å². The van der Waals surface area contributed by atoms with Crippen molar-refractivity contribution in [1.29, 1.82) is 0 Å².